The molecule has 3 rings (SSSR count). The zero-order valence-corrected chi connectivity index (χ0v) is 19.3. The molecule has 178 valence electrons. The van der Waals surface area contributed by atoms with Crippen molar-refractivity contribution in [3.8, 4) is 5.75 Å². The molecule has 1 amide bonds. The van der Waals surface area contributed by atoms with Gasteiger partial charge >= 0.3 is 5.97 Å². The highest BCUT2D eigenvalue weighted by Crippen LogP contribution is 2.20. The number of nitrogens with one attached hydrogen (secondary N) is 2. The zero-order valence-electron chi connectivity index (χ0n) is 18.5. The summed E-state index contributed by atoms with van der Waals surface area (Å²) in [7, 11) is -3.84. The lowest BCUT2D eigenvalue weighted by atomic mass is 10.2. The fourth-order valence-electron chi connectivity index (χ4n) is 2.90. The van der Waals surface area contributed by atoms with Gasteiger partial charge in [0.05, 0.1) is 17.1 Å². The van der Waals surface area contributed by atoms with Crippen LogP contribution in [0.4, 0.5) is 15.8 Å². The summed E-state index contributed by atoms with van der Waals surface area (Å²) in [5.41, 5.74) is 1.30. The van der Waals surface area contributed by atoms with E-state index in [4.69, 9.17) is 9.47 Å². The highest BCUT2D eigenvalue weighted by molar-refractivity contribution is 7.92. The van der Waals surface area contributed by atoms with Crippen LogP contribution in [0.15, 0.2) is 71.6 Å². The van der Waals surface area contributed by atoms with Crippen LogP contribution >= 0.6 is 0 Å². The minimum Gasteiger partial charge on any atom is -0.494 e. The third-order valence-electron chi connectivity index (χ3n) is 4.63. The number of benzene rings is 3. The van der Waals surface area contributed by atoms with Gasteiger partial charge in [-0.15, -0.1) is 0 Å². The van der Waals surface area contributed by atoms with Crippen LogP contribution < -0.4 is 14.8 Å². The van der Waals surface area contributed by atoms with Gasteiger partial charge in [0.2, 0.25) is 0 Å². The van der Waals surface area contributed by atoms with E-state index in [9.17, 15) is 22.4 Å². The number of carbonyl (C=O) groups excluding carboxylic acids is 2. The summed E-state index contributed by atoms with van der Waals surface area (Å²) in [6.07, 6.45) is 0. The molecule has 0 aromatic heterocycles. The molecule has 0 radical (unpaired) electrons. The van der Waals surface area contributed by atoms with Crippen LogP contribution in [0.5, 0.6) is 5.75 Å². The fraction of sp³-hybridized carbons (Fsp3) is 0.167. The van der Waals surface area contributed by atoms with Gasteiger partial charge in [0, 0.05) is 11.4 Å². The third-order valence-corrected chi connectivity index (χ3v) is 6.02. The molecule has 34 heavy (non-hydrogen) atoms. The first-order chi connectivity index (χ1) is 16.2. The largest absolute Gasteiger partial charge is 0.494 e. The normalized spacial score (nSPS) is 10.9. The lowest BCUT2D eigenvalue weighted by Gasteiger charge is -2.10. The molecule has 0 aliphatic rings. The average Bonchev–Trinajstić information content (AvgIpc) is 2.81. The Balaban J connectivity index is 1.56. The number of rotatable bonds is 9. The van der Waals surface area contributed by atoms with E-state index >= 15 is 0 Å². The first kappa shape index (κ1) is 24.7. The topological polar surface area (TPSA) is 111 Å². The molecule has 0 aliphatic carbocycles. The molecule has 2 N–H and O–H groups in total. The summed E-state index contributed by atoms with van der Waals surface area (Å²) in [5.74, 6) is -1.34. The van der Waals surface area contributed by atoms with Crippen LogP contribution in [0.3, 0.4) is 0 Å². The SMILES string of the molecule is CCOc1ccc(S(=O)(=O)Nc2ccc(C(=O)OCC(=O)Nc3cc(F)ccc3C)cc2)cc1. The van der Waals surface area contributed by atoms with Crippen LogP contribution in [0.2, 0.25) is 0 Å². The van der Waals surface area contributed by atoms with Crippen molar-refractivity contribution in [3.63, 3.8) is 0 Å². The van der Waals surface area contributed by atoms with Crippen molar-refractivity contribution in [1.29, 1.82) is 0 Å². The standard InChI is InChI=1S/C24H23FN2O6S/c1-3-32-20-10-12-21(13-11-20)34(30,31)27-19-8-5-17(6-9-19)24(29)33-15-23(28)26-22-14-18(25)7-4-16(22)2/h4-14,27H,3,15H2,1-2H3,(H,26,28). The predicted octanol–water partition coefficient (Wildman–Crippen LogP) is 4.13. The van der Waals surface area contributed by atoms with E-state index in [1.165, 1.54) is 54.6 Å². The van der Waals surface area contributed by atoms with E-state index < -0.39 is 34.3 Å². The first-order valence-corrected chi connectivity index (χ1v) is 11.7. The van der Waals surface area contributed by atoms with Crippen LogP contribution in [-0.4, -0.2) is 33.5 Å². The van der Waals surface area contributed by atoms with Crippen molar-refractivity contribution in [3.05, 3.63) is 83.7 Å². The smallest absolute Gasteiger partial charge is 0.338 e. The molecule has 0 aliphatic heterocycles. The minimum atomic E-state index is -3.84. The number of ether oxygens (including phenoxy) is 2. The van der Waals surface area contributed by atoms with Crippen LogP contribution in [0, 0.1) is 12.7 Å². The van der Waals surface area contributed by atoms with E-state index in [1.54, 1.807) is 19.1 Å². The monoisotopic (exact) mass is 486 g/mol. The van der Waals surface area contributed by atoms with Crippen molar-refractivity contribution in [2.45, 2.75) is 18.7 Å². The number of aryl methyl sites for hydroxylation is 1. The van der Waals surface area contributed by atoms with E-state index in [2.05, 4.69) is 10.0 Å². The molecule has 3 aromatic carbocycles. The minimum absolute atomic E-state index is 0.0546. The maximum absolute atomic E-state index is 13.3. The Morgan fingerprint density at radius 3 is 2.29 bits per heavy atom. The maximum atomic E-state index is 13.3. The Hall–Kier alpha value is -3.92. The lowest BCUT2D eigenvalue weighted by Crippen LogP contribution is -2.21. The quantitative estimate of drug-likeness (QED) is 0.440. The molecule has 0 saturated carbocycles. The van der Waals surface area contributed by atoms with Gasteiger partial charge in [0.1, 0.15) is 11.6 Å². The molecular formula is C24H23FN2O6S. The van der Waals surface area contributed by atoms with E-state index in [1.807, 2.05) is 6.92 Å². The van der Waals surface area contributed by atoms with Gasteiger partial charge in [0.25, 0.3) is 15.9 Å². The Morgan fingerprint density at radius 2 is 1.65 bits per heavy atom. The van der Waals surface area contributed by atoms with E-state index in [-0.39, 0.29) is 21.8 Å². The molecule has 0 spiro atoms. The third kappa shape index (κ3) is 6.55. The molecule has 0 fully saturated rings. The molecule has 8 nitrogen and oxygen atoms in total. The van der Waals surface area contributed by atoms with Gasteiger partial charge in [-0.1, -0.05) is 6.07 Å². The zero-order chi connectivity index (χ0) is 24.7. The number of anilines is 2. The van der Waals surface area contributed by atoms with Crippen LogP contribution in [-0.2, 0) is 19.6 Å². The first-order valence-electron chi connectivity index (χ1n) is 10.3. The van der Waals surface area contributed by atoms with Gasteiger partial charge in [-0.2, -0.15) is 0 Å². The highest BCUT2D eigenvalue weighted by Gasteiger charge is 2.16. The molecule has 0 heterocycles. The lowest BCUT2D eigenvalue weighted by molar-refractivity contribution is -0.119. The second-order valence-electron chi connectivity index (χ2n) is 7.17. The van der Waals surface area contributed by atoms with E-state index in [0.29, 0.717) is 17.9 Å². The molecular weight excluding hydrogens is 463 g/mol. The summed E-state index contributed by atoms with van der Waals surface area (Å²) in [4.78, 5) is 24.3. The number of amides is 1. The van der Waals surface area contributed by atoms with Crippen molar-refractivity contribution >= 4 is 33.3 Å². The van der Waals surface area contributed by atoms with Crippen LogP contribution in [0.1, 0.15) is 22.8 Å². The Kier molecular flexibility index (Phi) is 7.85. The number of hydrogen-bond donors (Lipinski definition) is 2. The predicted molar refractivity (Wildman–Crippen MR) is 125 cm³/mol. The Labute approximate surface area is 196 Å². The number of carbonyl (C=O) groups is 2. The van der Waals surface area contributed by atoms with Gasteiger partial charge in [0.15, 0.2) is 6.61 Å². The number of sulfonamides is 1. The molecule has 3 aromatic rings. The number of hydrogen-bond acceptors (Lipinski definition) is 6. The molecule has 0 unspecified atom stereocenters. The summed E-state index contributed by atoms with van der Waals surface area (Å²) < 4.78 is 51.1. The second kappa shape index (κ2) is 10.8. The second-order valence-corrected chi connectivity index (χ2v) is 8.85. The van der Waals surface area contributed by atoms with Gasteiger partial charge in [-0.25, -0.2) is 17.6 Å². The average molecular weight is 487 g/mol. The van der Waals surface area contributed by atoms with Gasteiger partial charge in [-0.05, 0) is 80.1 Å². The Morgan fingerprint density at radius 1 is 0.971 bits per heavy atom. The summed E-state index contributed by atoms with van der Waals surface area (Å²) >= 11 is 0. The highest BCUT2D eigenvalue weighted by atomic mass is 32.2. The fourth-order valence-corrected chi connectivity index (χ4v) is 3.96. The molecule has 0 atom stereocenters. The maximum Gasteiger partial charge on any atom is 0.338 e. The summed E-state index contributed by atoms with van der Waals surface area (Å²) in [5, 5.41) is 2.48. The van der Waals surface area contributed by atoms with Crippen molar-refractivity contribution in [2.75, 3.05) is 23.3 Å². The molecule has 0 bridgehead atoms. The van der Waals surface area contributed by atoms with Gasteiger partial charge in [-0.3, -0.25) is 9.52 Å². The number of esters is 1. The summed E-state index contributed by atoms with van der Waals surface area (Å²) in [6.45, 7) is 3.43. The van der Waals surface area contributed by atoms with Gasteiger partial charge < -0.3 is 14.8 Å². The molecule has 0 saturated heterocycles. The number of halogens is 1. The van der Waals surface area contributed by atoms with Crippen LogP contribution in [0.25, 0.3) is 0 Å². The van der Waals surface area contributed by atoms with E-state index in [0.717, 1.165) is 0 Å². The van der Waals surface area contributed by atoms with Crippen molar-refractivity contribution in [2.24, 2.45) is 0 Å². The molecule has 10 heteroatoms. The Bertz CT molecular complexity index is 1280. The van der Waals surface area contributed by atoms with Crippen molar-refractivity contribution < 1.29 is 31.9 Å². The summed E-state index contributed by atoms with van der Waals surface area (Å²) in [6, 6.07) is 15.5. The van der Waals surface area contributed by atoms with Crippen molar-refractivity contribution in [1.82, 2.24) is 0 Å².